The minimum absolute atomic E-state index is 0.141. The van der Waals surface area contributed by atoms with Gasteiger partial charge in [-0.15, -0.1) is 0 Å². The molecule has 2 aromatic carbocycles. The van der Waals surface area contributed by atoms with Crippen molar-refractivity contribution in [3.8, 4) is 5.75 Å². The monoisotopic (exact) mass is 362 g/mol. The van der Waals surface area contributed by atoms with E-state index in [2.05, 4.69) is 5.32 Å². The third kappa shape index (κ3) is 4.26. The van der Waals surface area contributed by atoms with Gasteiger partial charge in [0.15, 0.2) is 5.78 Å². The minimum atomic E-state index is -0.501. The summed E-state index contributed by atoms with van der Waals surface area (Å²) in [7, 11) is 1.60. The van der Waals surface area contributed by atoms with E-state index in [9.17, 15) is 9.59 Å². The van der Waals surface area contributed by atoms with E-state index in [0.29, 0.717) is 12.1 Å². The lowest BCUT2D eigenvalue weighted by molar-refractivity contribution is -0.111. The van der Waals surface area contributed by atoms with Gasteiger partial charge in [-0.05, 0) is 36.3 Å². The highest BCUT2D eigenvalue weighted by Crippen LogP contribution is 2.28. The molecule has 1 aliphatic rings. The van der Waals surface area contributed by atoms with Crippen LogP contribution in [0.4, 0.5) is 4.79 Å². The maximum atomic E-state index is 12.9. The van der Waals surface area contributed by atoms with Crippen LogP contribution < -0.4 is 10.1 Å². The predicted octanol–water partition coefficient (Wildman–Crippen LogP) is 3.95. The minimum Gasteiger partial charge on any atom is -0.497 e. The Bertz CT molecular complexity index is 870. The molecule has 0 saturated heterocycles. The molecule has 27 heavy (non-hydrogen) atoms. The summed E-state index contributed by atoms with van der Waals surface area (Å²) in [5, 5.41) is 2.92. The number of hydrogen-bond donors (Lipinski definition) is 1. The molecule has 1 aliphatic heterocycles. The fourth-order valence-electron chi connectivity index (χ4n) is 2.92. The SMILES string of the molecule is CCN1C=C(C(=O)/C=C/c2ccccc2)[C@H](c2ccc(OC)cc2)NC1=O. The molecule has 0 spiro atoms. The van der Waals surface area contributed by atoms with E-state index in [1.165, 1.54) is 4.90 Å². The molecule has 3 rings (SSSR count). The van der Waals surface area contributed by atoms with Gasteiger partial charge in [0.05, 0.1) is 13.2 Å². The van der Waals surface area contributed by atoms with Crippen molar-refractivity contribution in [2.24, 2.45) is 0 Å². The van der Waals surface area contributed by atoms with Gasteiger partial charge in [-0.2, -0.15) is 0 Å². The van der Waals surface area contributed by atoms with Crippen LogP contribution in [0.25, 0.3) is 6.08 Å². The Morgan fingerprint density at radius 1 is 1.15 bits per heavy atom. The van der Waals surface area contributed by atoms with Crippen molar-refractivity contribution in [2.75, 3.05) is 13.7 Å². The lowest BCUT2D eigenvalue weighted by Gasteiger charge is -2.31. The quantitative estimate of drug-likeness (QED) is 0.792. The average Bonchev–Trinajstić information content (AvgIpc) is 2.72. The van der Waals surface area contributed by atoms with Crippen molar-refractivity contribution in [3.63, 3.8) is 0 Å². The molecule has 0 bridgehead atoms. The highest BCUT2D eigenvalue weighted by molar-refractivity contribution is 6.08. The molecule has 0 aliphatic carbocycles. The van der Waals surface area contributed by atoms with Crippen molar-refractivity contribution >= 4 is 17.9 Å². The van der Waals surface area contributed by atoms with Crippen LogP contribution in [0.2, 0.25) is 0 Å². The number of rotatable bonds is 6. The van der Waals surface area contributed by atoms with Crippen LogP contribution in [0.1, 0.15) is 24.1 Å². The first-order valence-corrected chi connectivity index (χ1v) is 8.82. The number of nitrogens with zero attached hydrogens (tertiary/aromatic N) is 1. The summed E-state index contributed by atoms with van der Waals surface area (Å²) >= 11 is 0. The largest absolute Gasteiger partial charge is 0.497 e. The first-order chi connectivity index (χ1) is 13.1. The van der Waals surface area contributed by atoms with Crippen LogP contribution in [-0.4, -0.2) is 30.4 Å². The first kappa shape index (κ1) is 18.5. The lowest BCUT2D eigenvalue weighted by atomic mass is 9.94. The number of ether oxygens (including phenoxy) is 1. The van der Waals surface area contributed by atoms with Gasteiger partial charge in [-0.3, -0.25) is 4.79 Å². The molecule has 0 radical (unpaired) electrons. The predicted molar refractivity (Wildman–Crippen MR) is 105 cm³/mol. The molecule has 1 N–H and O–H groups in total. The number of urea groups is 1. The number of methoxy groups -OCH3 is 1. The number of amides is 2. The number of carbonyl (C=O) groups excluding carboxylic acids is 2. The number of hydrogen-bond acceptors (Lipinski definition) is 3. The van der Waals surface area contributed by atoms with Crippen LogP contribution in [0.3, 0.4) is 0 Å². The number of benzene rings is 2. The van der Waals surface area contributed by atoms with E-state index in [0.717, 1.165) is 16.9 Å². The highest BCUT2D eigenvalue weighted by atomic mass is 16.5. The maximum absolute atomic E-state index is 12.9. The maximum Gasteiger partial charge on any atom is 0.322 e. The summed E-state index contributed by atoms with van der Waals surface area (Å²) in [5.41, 5.74) is 2.29. The van der Waals surface area contributed by atoms with E-state index in [-0.39, 0.29) is 11.8 Å². The Hall–Kier alpha value is -3.34. The standard InChI is InChI=1S/C22H22N2O3/c1-3-24-15-19(20(25)14-9-16-7-5-4-6-8-16)21(23-22(24)26)17-10-12-18(27-2)13-11-17/h4-15,21H,3H2,1-2H3,(H,23,26)/b14-9+/t21-/m0/s1. The van der Waals surface area contributed by atoms with E-state index in [4.69, 9.17) is 4.74 Å². The average molecular weight is 362 g/mol. The molecule has 2 amide bonds. The van der Waals surface area contributed by atoms with Crippen LogP contribution in [0.5, 0.6) is 5.75 Å². The molecule has 0 saturated carbocycles. The molecule has 138 valence electrons. The zero-order valence-electron chi connectivity index (χ0n) is 15.4. The van der Waals surface area contributed by atoms with Crippen molar-refractivity contribution in [1.82, 2.24) is 10.2 Å². The molecule has 5 nitrogen and oxygen atoms in total. The highest BCUT2D eigenvalue weighted by Gasteiger charge is 2.30. The Morgan fingerprint density at radius 2 is 1.85 bits per heavy atom. The summed E-state index contributed by atoms with van der Waals surface area (Å²) in [5.74, 6) is 0.579. The first-order valence-electron chi connectivity index (χ1n) is 8.82. The second kappa shape index (κ2) is 8.36. The normalized spacial score (nSPS) is 16.8. The Kier molecular flexibility index (Phi) is 5.71. The zero-order valence-corrected chi connectivity index (χ0v) is 15.4. The molecule has 1 heterocycles. The van der Waals surface area contributed by atoms with Gasteiger partial charge in [0.2, 0.25) is 0 Å². The molecular formula is C22H22N2O3. The van der Waals surface area contributed by atoms with Crippen molar-refractivity contribution in [1.29, 1.82) is 0 Å². The number of ketones is 1. The van der Waals surface area contributed by atoms with Gasteiger partial charge in [0.25, 0.3) is 0 Å². The molecule has 2 aromatic rings. The molecular weight excluding hydrogens is 340 g/mol. The van der Waals surface area contributed by atoms with Crippen LogP contribution in [-0.2, 0) is 4.79 Å². The van der Waals surface area contributed by atoms with Gasteiger partial charge >= 0.3 is 6.03 Å². The summed E-state index contributed by atoms with van der Waals surface area (Å²) < 4.78 is 5.19. The topological polar surface area (TPSA) is 58.6 Å². The van der Waals surface area contributed by atoms with Gasteiger partial charge < -0.3 is 15.0 Å². The van der Waals surface area contributed by atoms with Gasteiger partial charge in [0.1, 0.15) is 5.75 Å². The zero-order chi connectivity index (χ0) is 19.2. The van der Waals surface area contributed by atoms with Gasteiger partial charge in [-0.25, -0.2) is 4.79 Å². The van der Waals surface area contributed by atoms with Crippen LogP contribution >= 0.6 is 0 Å². The number of carbonyl (C=O) groups is 2. The summed E-state index contributed by atoms with van der Waals surface area (Å²) in [6.07, 6.45) is 4.97. The third-order valence-electron chi connectivity index (χ3n) is 4.44. The summed E-state index contributed by atoms with van der Waals surface area (Å²) in [6.45, 7) is 2.35. The fraction of sp³-hybridized carbons (Fsp3) is 0.182. The van der Waals surface area contributed by atoms with Crippen molar-refractivity contribution < 1.29 is 14.3 Å². The summed E-state index contributed by atoms with van der Waals surface area (Å²) in [6, 6.07) is 16.2. The fourth-order valence-corrected chi connectivity index (χ4v) is 2.92. The van der Waals surface area contributed by atoms with E-state index in [1.807, 2.05) is 61.5 Å². The molecule has 0 aromatic heterocycles. The second-order valence-corrected chi connectivity index (χ2v) is 6.13. The second-order valence-electron chi connectivity index (χ2n) is 6.13. The molecule has 5 heteroatoms. The number of nitrogens with one attached hydrogen (secondary N) is 1. The number of allylic oxidation sites excluding steroid dienone is 1. The van der Waals surface area contributed by atoms with Gasteiger partial charge in [-0.1, -0.05) is 48.5 Å². The van der Waals surface area contributed by atoms with E-state index in [1.54, 1.807) is 25.5 Å². The van der Waals surface area contributed by atoms with Crippen LogP contribution in [0.15, 0.2) is 72.4 Å². The Labute approximate surface area is 158 Å². The smallest absolute Gasteiger partial charge is 0.322 e. The molecule has 0 unspecified atom stereocenters. The Balaban J connectivity index is 1.92. The Morgan fingerprint density at radius 3 is 2.48 bits per heavy atom. The summed E-state index contributed by atoms with van der Waals surface area (Å²) in [4.78, 5) is 26.7. The molecule has 0 fully saturated rings. The van der Waals surface area contributed by atoms with Crippen LogP contribution in [0, 0.1) is 0 Å². The van der Waals surface area contributed by atoms with E-state index >= 15 is 0 Å². The van der Waals surface area contributed by atoms with E-state index < -0.39 is 6.04 Å². The van der Waals surface area contributed by atoms with Crippen molar-refractivity contribution in [2.45, 2.75) is 13.0 Å². The lowest BCUT2D eigenvalue weighted by Crippen LogP contribution is -2.44. The van der Waals surface area contributed by atoms with Crippen molar-refractivity contribution in [3.05, 3.63) is 83.6 Å². The molecule has 1 atom stereocenters. The third-order valence-corrected chi connectivity index (χ3v) is 4.44. The van der Waals surface area contributed by atoms with Gasteiger partial charge in [0, 0.05) is 18.3 Å².